The van der Waals surface area contributed by atoms with Crippen LogP contribution in [0.2, 0.25) is 0 Å². The molecule has 1 aromatic carbocycles. The number of anilines is 1. The van der Waals surface area contributed by atoms with Gasteiger partial charge in [-0.2, -0.15) is 4.99 Å². The second-order valence-corrected chi connectivity index (χ2v) is 2.45. The average molecular weight is 191 g/mol. The highest BCUT2D eigenvalue weighted by molar-refractivity contribution is 5.80. The van der Waals surface area contributed by atoms with E-state index in [4.69, 9.17) is 0 Å². The first-order valence-electron chi connectivity index (χ1n) is 3.96. The smallest absolute Gasteiger partial charge is 0.260 e. The van der Waals surface area contributed by atoms with Gasteiger partial charge in [-0.3, -0.25) is 15.6 Å². The molecular weight excluding hydrogens is 182 g/mol. The third-order valence-electron chi connectivity index (χ3n) is 1.41. The van der Waals surface area contributed by atoms with E-state index >= 15 is 0 Å². The van der Waals surface area contributed by atoms with Crippen LogP contribution in [0, 0.1) is 0 Å². The summed E-state index contributed by atoms with van der Waals surface area (Å²) in [5.41, 5.74) is 5.80. The second kappa shape index (κ2) is 5.50. The van der Waals surface area contributed by atoms with Crippen LogP contribution in [0.1, 0.15) is 0 Å². The SMILES string of the molecule is O=C=NCC(=O)NNc1ccccc1. The fraction of sp³-hybridized carbons (Fsp3) is 0.111. The van der Waals surface area contributed by atoms with Gasteiger partial charge < -0.3 is 0 Å². The van der Waals surface area contributed by atoms with E-state index in [9.17, 15) is 9.59 Å². The molecule has 0 heterocycles. The van der Waals surface area contributed by atoms with Crippen LogP contribution < -0.4 is 10.9 Å². The predicted molar refractivity (Wildman–Crippen MR) is 51.2 cm³/mol. The Morgan fingerprint density at radius 2 is 2.07 bits per heavy atom. The molecule has 72 valence electrons. The van der Waals surface area contributed by atoms with Crippen LogP contribution in [0.25, 0.3) is 0 Å². The van der Waals surface area contributed by atoms with Crippen LogP contribution in [0.4, 0.5) is 5.69 Å². The van der Waals surface area contributed by atoms with Crippen molar-refractivity contribution in [3.63, 3.8) is 0 Å². The number of rotatable bonds is 4. The number of isocyanates is 1. The Labute approximate surface area is 80.8 Å². The number of carbonyl (C=O) groups excluding carboxylic acids is 2. The van der Waals surface area contributed by atoms with Crippen molar-refractivity contribution < 1.29 is 9.59 Å². The number of amides is 1. The molecule has 5 nitrogen and oxygen atoms in total. The molecule has 0 bridgehead atoms. The maximum absolute atomic E-state index is 10.9. The molecule has 0 aliphatic heterocycles. The summed E-state index contributed by atoms with van der Waals surface area (Å²) < 4.78 is 0. The Morgan fingerprint density at radius 3 is 2.71 bits per heavy atom. The fourth-order valence-electron chi connectivity index (χ4n) is 0.807. The number of aliphatic imine (C=N–C) groups is 1. The quantitative estimate of drug-likeness (QED) is 0.412. The topological polar surface area (TPSA) is 70.6 Å². The molecule has 0 spiro atoms. The minimum atomic E-state index is -0.391. The van der Waals surface area contributed by atoms with Gasteiger partial charge in [0.1, 0.15) is 6.54 Å². The molecular formula is C9H9N3O2. The second-order valence-electron chi connectivity index (χ2n) is 2.45. The Kier molecular flexibility index (Phi) is 3.91. The van der Waals surface area contributed by atoms with Crippen molar-refractivity contribution in [1.82, 2.24) is 5.43 Å². The van der Waals surface area contributed by atoms with Gasteiger partial charge >= 0.3 is 0 Å². The van der Waals surface area contributed by atoms with Gasteiger partial charge in [-0.15, -0.1) is 0 Å². The van der Waals surface area contributed by atoms with Crippen molar-refractivity contribution in [2.45, 2.75) is 0 Å². The van der Waals surface area contributed by atoms with Crippen molar-refractivity contribution in [3.8, 4) is 0 Å². The zero-order valence-corrected chi connectivity index (χ0v) is 7.36. The number of hydrogen-bond acceptors (Lipinski definition) is 4. The summed E-state index contributed by atoms with van der Waals surface area (Å²) in [6, 6.07) is 9.12. The molecule has 0 saturated carbocycles. The number of benzene rings is 1. The van der Waals surface area contributed by atoms with E-state index < -0.39 is 5.91 Å². The van der Waals surface area contributed by atoms with Crippen molar-refractivity contribution in [2.75, 3.05) is 12.0 Å². The van der Waals surface area contributed by atoms with Gasteiger partial charge in [-0.25, -0.2) is 4.79 Å². The van der Waals surface area contributed by atoms with Crippen LogP contribution in [0.15, 0.2) is 35.3 Å². The van der Waals surface area contributed by atoms with Gasteiger partial charge in [0.25, 0.3) is 5.91 Å². The molecule has 14 heavy (non-hydrogen) atoms. The molecule has 0 aromatic heterocycles. The third-order valence-corrected chi connectivity index (χ3v) is 1.41. The van der Waals surface area contributed by atoms with E-state index in [1.165, 1.54) is 6.08 Å². The molecule has 0 fully saturated rings. The minimum Gasteiger partial charge on any atom is -0.299 e. The van der Waals surface area contributed by atoms with E-state index in [1.807, 2.05) is 18.2 Å². The minimum absolute atomic E-state index is 0.219. The lowest BCUT2D eigenvalue weighted by Crippen LogP contribution is -2.31. The van der Waals surface area contributed by atoms with Crippen LogP contribution in [-0.4, -0.2) is 18.5 Å². The largest absolute Gasteiger partial charge is 0.299 e. The maximum atomic E-state index is 10.9. The first kappa shape index (κ1) is 9.95. The first-order valence-corrected chi connectivity index (χ1v) is 3.96. The average Bonchev–Trinajstić information content (AvgIpc) is 2.25. The molecule has 0 unspecified atom stereocenters. The van der Waals surface area contributed by atoms with Gasteiger partial charge in [0.2, 0.25) is 6.08 Å². The van der Waals surface area contributed by atoms with Gasteiger partial charge in [0.05, 0.1) is 5.69 Å². The third kappa shape index (κ3) is 3.51. The number of carbonyl (C=O) groups is 1. The lowest BCUT2D eigenvalue weighted by atomic mass is 10.3. The summed E-state index contributed by atoms with van der Waals surface area (Å²) in [5.74, 6) is -0.391. The van der Waals surface area contributed by atoms with Crippen molar-refractivity contribution in [1.29, 1.82) is 0 Å². The Morgan fingerprint density at radius 1 is 1.36 bits per heavy atom. The van der Waals surface area contributed by atoms with Crippen LogP contribution in [0.5, 0.6) is 0 Å². The lowest BCUT2D eigenvalue weighted by Gasteiger charge is -2.05. The van der Waals surface area contributed by atoms with Crippen LogP contribution in [-0.2, 0) is 9.59 Å². The number of hydrazine groups is 1. The molecule has 1 rings (SSSR count). The highest BCUT2D eigenvalue weighted by atomic mass is 16.2. The number of nitrogens with zero attached hydrogens (tertiary/aromatic N) is 1. The summed E-state index contributed by atoms with van der Waals surface area (Å²) in [4.78, 5) is 23.7. The monoisotopic (exact) mass is 191 g/mol. The van der Waals surface area contributed by atoms with Crippen LogP contribution in [0.3, 0.4) is 0 Å². The summed E-state index contributed by atoms with van der Waals surface area (Å²) in [5, 5.41) is 0. The molecule has 0 atom stereocenters. The van der Waals surface area contributed by atoms with Crippen molar-refractivity contribution >= 4 is 17.7 Å². The standard InChI is InChI=1S/C9H9N3O2/c13-7-10-6-9(14)12-11-8-4-2-1-3-5-8/h1-5,11H,6H2,(H,12,14). The Bertz CT molecular complexity index is 344. The van der Waals surface area contributed by atoms with Crippen molar-refractivity contribution in [2.24, 2.45) is 4.99 Å². The Balaban J connectivity index is 2.34. The summed E-state index contributed by atoms with van der Waals surface area (Å²) in [6.45, 7) is -0.219. The highest BCUT2D eigenvalue weighted by Gasteiger charge is 1.97. The lowest BCUT2D eigenvalue weighted by molar-refractivity contribution is -0.119. The zero-order valence-electron chi connectivity index (χ0n) is 7.36. The molecule has 0 aliphatic carbocycles. The van der Waals surface area contributed by atoms with E-state index in [0.29, 0.717) is 0 Å². The zero-order chi connectivity index (χ0) is 10.2. The van der Waals surface area contributed by atoms with Crippen LogP contribution >= 0.6 is 0 Å². The van der Waals surface area contributed by atoms with E-state index in [0.717, 1.165) is 5.69 Å². The molecule has 0 aliphatic rings. The maximum Gasteiger partial charge on any atom is 0.260 e. The Hall–Kier alpha value is -2.13. The number of hydrogen-bond donors (Lipinski definition) is 2. The number of nitrogens with one attached hydrogen (secondary N) is 2. The first-order chi connectivity index (χ1) is 6.83. The van der Waals surface area contributed by atoms with Gasteiger partial charge in [-0.05, 0) is 12.1 Å². The molecule has 0 saturated heterocycles. The molecule has 1 amide bonds. The van der Waals surface area contributed by atoms with Gasteiger partial charge in [0.15, 0.2) is 0 Å². The van der Waals surface area contributed by atoms with Gasteiger partial charge in [-0.1, -0.05) is 18.2 Å². The van der Waals surface area contributed by atoms with Gasteiger partial charge in [0, 0.05) is 0 Å². The normalized spacial score (nSPS) is 8.57. The number of para-hydroxylation sites is 1. The molecule has 2 N–H and O–H groups in total. The fourth-order valence-corrected chi connectivity index (χ4v) is 0.807. The molecule has 1 aromatic rings. The molecule has 5 heteroatoms. The van der Waals surface area contributed by atoms with E-state index in [2.05, 4.69) is 15.8 Å². The summed E-state index contributed by atoms with van der Waals surface area (Å²) in [6.07, 6.45) is 1.28. The van der Waals surface area contributed by atoms with E-state index in [1.54, 1.807) is 12.1 Å². The summed E-state index contributed by atoms with van der Waals surface area (Å²) in [7, 11) is 0. The molecule has 0 radical (unpaired) electrons. The predicted octanol–water partition coefficient (Wildman–Crippen LogP) is 0.465. The highest BCUT2D eigenvalue weighted by Crippen LogP contribution is 2.02. The van der Waals surface area contributed by atoms with E-state index in [-0.39, 0.29) is 6.54 Å². The van der Waals surface area contributed by atoms with Crippen molar-refractivity contribution in [3.05, 3.63) is 30.3 Å². The summed E-state index contributed by atoms with van der Waals surface area (Å²) >= 11 is 0.